The van der Waals surface area contributed by atoms with Gasteiger partial charge in [0.15, 0.2) is 11.5 Å². The second kappa shape index (κ2) is 9.03. The minimum atomic E-state index is -0.0596. The lowest BCUT2D eigenvalue weighted by Gasteiger charge is -2.19. The minimum Gasteiger partial charge on any atom is -0.490 e. The summed E-state index contributed by atoms with van der Waals surface area (Å²) in [6.07, 6.45) is 2.49. The molecule has 1 aromatic heterocycles. The Morgan fingerprint density at radius 3 is 2.67 bits per heavy atom. The van der Waals surface area contributed by atoms with Gasteiger partial charge in [-0.2, -0.15) is 0 Å². The number of nitrogens with zero attached hydrogens (tertiary/aromatic N) is 2. The number of carbonyl (C=O) groups is 1. The van der Waals surface area contributed by atoms with Crippen molar-refractivity contribution >= 4 is 16.8 Å². The molecule has 1 fully saturated rings. The van der Waals surface area contributed by atoms with E-state index in [0.29, 0.717) is 43.4 Å². The van der Waals surface area contributed by atoms with Crippen molar-refractivity contribution in [1.29, 1.82) is 0 Å². The second-order valence-electron chi connectivity index (χ2n) is 7.14. The fraction of sp³-hybridized carbons (Fsp3) is 0.333. The summed E-state index contributed by atoms with van der Waals surface area (Å²) in [7, 11) is 0. The van der Waals surface area contributed by atoms with Crippen LogP contribution in [0.2, 0.25) is 0 Å². The van der Waals surface area contributed by atoms with Crippen LogP contribution in [0.5, 0.6) is 17.2 Å². The first kappa shape index (κ1) is 20.0. The van der Waals surface area contributed by atoms with Crippen molar-refractivity contribution in [1.82, 2.24) is 9.88 Å². The number of fused-ring (bicyclic) bond motifs is 1. The largest absolute Gasteiger partial charge is 0.490 e. The molecule has 2 aromatic carbocycles. The maximum Gasteiger partial charge on any atom is 0.254 e. The molecule has 0 bridgehead atoms. The first-order valence-corrected chi connectivity index (χ1v) is 10.4. The molecule has 1 aliphatic rings. The molecule has 156 valence electrons. The van der Waals surface area contributed by atoms with Crippen LogP contribution in [0.4, 0.5) is 0 Å². The van der Waals surface area contributed by atoms with Gasteiger partial charge < -0.3 is 19.1 Å². The average Bonchev–Trinajstić information content (AvgIpc) is 3.23. The molecule has 0 radical (unpaired) electrons. The smallest absolute Gasteiger partial charge is 0.254 e. The average molecular weight is 406 g/mol. The van der Waals surface area contributed by atoms with Crippen LogP contribution in [0, 0.1) is 0 Å². The SMILES string of the molecule is CCOc1ccc(C(=O)N2CCC(Oc3cccc4cccnc34)C2)cc1OCC. The van der Waals surface area contributed by atoms with Crippen LogP contribution in [0.3, 0.4) is 0 Å². The zero-order valence-electron chi connectivity index (χ0n) is 17.3. The Bertz CT molecular complexity index is 1030. The summed E-state index contributed by atoms with van der Waals surface area (Å²) < 4.78 is 17.5. The highest BCUT2D eigenvalue weighted by atomic mass is 16.5. The van der Waals surface area contributed by atoms with Crippen LogP contribution in [-0.4, -0.2) is 48.2 Å². The van der Waals surface area contributed by atoms with Crippen LogP contribution in [-0.2, 0) is 0 Å². The van der Waals surface area contributed by atoms with Crippen LogP contribution >= 0.6 is 0 Å². The number of carbonyl (C=O) groups excluding carboxylic acids is 1. The van der Waals surface area contributed by atoms with E-state index in [9.17, 15) is 4.79 Å². The predicted molar refractivity (Wildman–Crippen MR) is 115 cm³/mol. The number of hydrogen-bond acceptors (Lipinski definition) is 5. The zero-order chi connectivity index (χ0) is 20.9. The minimum absolute atomic E-state index is 0.0267. The monoisotopic (exact) mass is 406 g/mol. The third-order valence-electron chi connectivity index (χ3n) is 5.11. The number of benzene rings is 2. The van der Waals surface area contributed by atoms with E-state index >= 15 is 0 Å². The fourth-order valence-electron chi connectivity index (χ4n) is 3.73. The summed E-state index contributed by atoms with van der Waals surface area (Å²) in [6.45, 7) is 6.08. The normalized spacial score (nSPS) is 15.9. The number of ether oxygens (including phenoxy) is 3. The molecule has 30 heavy (non-hydrogen) atoms. The predicted octanol–water partition coefficient (Wildman–Crippen LogP) is 4.33. The third kappa shape index (κ3) is 4.17. The highest BCUT2D eigenvalue weighted by molar-refractivity contribution is 5.95. The quantitative estimate of drug-likeness (QED) is 0.585. The van der Waals surface area contributed by atoms with Gasteiger partial charge in [0, 0.05) is 30.1 Å². The van der Waals surface area contributed by atoms with E-state index in [0.717, 1.165) is 23.1 Å². The summed E-state index contributed by atoms with van der Waals surface area (Å²) in [6, 6.07) is 15.2. The Morgan fingerprint density at radius 1 is 1.03 bits per heavy atom. The van der Waals surface area contributed by atoms with Crippen LogP contribution < -0.4 is 14.2 Å². The summed E-state index contributed by atoms with van der Waals surface area (Å²) >= 11 is 0. The highest BCUT2D eigenvalue weighted by Crippen LogP contribution is 2.30. The van der Waals surface area contributed by atoms with Gasteiger partial charge in [-0.1, -0.05) is 18.2 Å². The Balaban J connectivity index is 1.46. The molecule has 1 atom stereocenters. The van der Waals surface area contributed by atoms with Gasteiger partial charge >= 0.3 is 0 Å². The molecule has 6 nitrogen and oxygen atoms in total. The summed E-state index contributed by atoms with van der Waals surface area (Å²) in [5.41, 5.74) is 1.44. The van der Waals surface area contributed by atoms with Crippen molar-refractivity contribution < 1.29 is 19.0 Å². The van der Waals surface area contributed by atoms with Gasteiger partial charge in [0.1, 0.15) is 17.4 Å². The molecule has 4 rings (SSSR count). The summed E-state index contributed by atoms with van der Waals surface area (Å²) in [5, 5.41) is 1.04. The Labute approximate surface area is 176 Å². The number of amides is 1. The van der Waals surface area contributed by atoms with Crippen molar-refractivity contribution in [2.24, 2.45) is 0 Å². The zero-order valence-corrected chi connectivity index (χ0v) is 17.3. The van der Waals surface area contributed by atoms with E-state index in [2.05, 4.69) is 4.98 Å². The number of likely N-dealkylation sites (tertiary alicyclic amines) is 1. The molecular formula is C24H26N2O4. The first-order valence-electron chi connectivity index (χ1n) is 10.4. The number of aromatic nitrogens is 1. The van der Waals surface area contributed by atoms with E-state index in [1.165, 1.54) is 0 Å². The van der Waals surface area contributed by atoms with Crippen molar-refractivity contribution in [3.05, 3.63) is 60.3 Å². The lowest BCUT2D eigenvalue weighted by atomic mass is 10.1. The molecule has 1 amide bonds. The standard InChI is InChI=1S/C24H26N2O4/c1-3-28-20-11-10-18(15-22(20)29-4-2)24(27)26-14-12-19(16-26)30-21-9-5-7-17-8-6-13-25-23(17)21/h5-11,13,15,19H,3-4,12,14,16H2,1-2H3. The number of rotatable bonds is 7. The topological polar surface area (TPSA) is 60.9 Å². The molecule has 1 unspecified atom stereocenters. The van der Waals surface area contributed by atoms with E-state index in [1.807, 2.05) is 49.1 Å². The van der Waals surface area contributed by atoms with Gasteiger partial charge in [0.2, 0.25) is 0 Å². The van der Waals surface area contributed by atoms with E-state index < -0.39 is 0 Å². The number of hydrogen-bond donors (Lipinski definition) is 0. The van der Waals surface area contributed by atoms with Crippen molar-refractivity contribution in [3.63, 3.8) is 0 Å². The van der Waals surface area contributed by atoms with E-state index in [-0.39, 0.29) is 12.0 Å². The molecule has 0 saturated carbocycles. The lowest BCUT2D eigenvalue weighted by molar-refractivity contribution is 0.0772. The summed E-state index contributed by atoms with van der Waals surface area (Å²) in [4.78, 5) is 19.3. The second-order valence-corrected chi connectivity index (χ2v) is 7.14. The molecule has 0 N–H and O–H groups in total. The van der Waals surface area contributed by atoms with Gasteiger partial charge in [0.25, 0.3) is 5.91 Å². The van der Waals surface area contributed by atoms with Crippen molar-refractivity contribution in [2.75, 3.05) is 26.3 Å². The van der Waals surface area contributed by atoms with E-state index in [4.69, 9.17) is 14.2 Å². The van der Waals surface area contributed by atoms with Gasteiger partial charge in [-0.3, -0.25) is 9.78 Å². The summed E-state index contributed by atoms with van der Waals surface area (Å²) in [5.74, 6) is 1.98. The maximum absolute atomic E-state index is 13.0. The van der Waals surface area contributed by atoms with E-state index in [1.54, 1.807) is 24.4 Å². The third-order valence-corrected chi connectivity index (χ3v) is 5.11. The Hall–Kier alpha value is -3.28. The molecular weight excluding hydrogens is 380 g/mol. The van der Waals surface area contributed by atoms with Crippen LogP contribution in [0.1, 0.15) is 30.6 Å². The molecule has 3 aromatic rings. The lowest BCUT2D eigenvalue weighted by Crippen LogP contribution is -2.31. The first-order chi connectivity index (χ1) is 14.7. The fourth-order valence-corrected chi connectivity index (χ4v) is 3.73. The number of para-hydroxylation sites is 1. The molecule has 0 spiro atoms. The molecule has 2 heterocycles. The molecule has 1 aliphatic heterocycles. The van der Waals surface area contributed by atoms with Crippen molar-refractivity contribution in [2.45, 2.75) is 26.4 Å². The van der Waals surface area contributed by atoms with Gasteiger partial charge in [-0.05, 0) is 44.2 Å². The van der Waals surface area contributed by atoms with Gasteiger partial charge in [-0.15, -0.1) is 0 Å². The Morgan fingerprint density at radius 2 is 1.83 bits per heavy atom. The van der Waals surface area contributed by atoms with Gasteiger partial charge in [-0.25, -0.2) is 0 Å². The Kier molecular flexibility index (Phi) is 6.02. The number of pyridine rings is 1. The molecule has 6 heteroatoms. The molecule has 1 saturated heterocycles. The van der Waals surface area contributed by atoms with Gasteiger partial charge in [0.05, 0.1) is 19.8 Å². The van der Waals surface area contributed by atoms with Crippen LogP contribution in [0.25, 0.3) is 10.9 Å². The maximum atomic E-state index is 13.0. The highest BCUT2D eigenvalue weighted by Gasteiger charge is 2.29. The molecule has 0 aliphatic carbocycles. The van der Waals surface area contributed by atoms with Crippen LogP contribution in [0.15, 0.2) is 54.7 Å². The van der Waals surface area contributed by atoms with Crippen molar-refractivity contribution in [3.8, 4) is 17.2 Å².